The Kier molecular flexibility index (Phi) is 5.29. The molecule has 0 saturated heterocycles. The average molecular weight is 256 g/mol. The van der Waals surface area contributed by atoms with Gasteiger partial charge in [-0.2, -0.15) is 0 Å². The van der Waals surface area contributed by atoms with Gasteiger partial charge in [-0.05, 0) is 37.1 Å². The van der Waals surface area contributed by atoms with E-state index in [0.717, 1.165) is 18.7 Å². The van der Waals surface area contributed by atoms with E-state index in [2.05, 4.69) is 0 Å². The van der Waals surface area contributed by atoms with Crippen molar-refractivity contribution < 1.29 is 9.90 Å². The first-order valence-corrected chi connectivity index (χ1v) is 6.23. The zero-order valence-electron chi connectivity index (χ0n) is 10.2. The minimum atomic E-state index is -0.782. The van der Waals surface area contributed by atoms with Crippen molar-refractivity contribution in [1.82, 2.24) is 0 Å². The largest absolute Gasteiger partial charge is 0.480 e. The van der Waals surface area contributed by atoms with Crippen LogP contribution >= 0.6 is 11.6 Å². The molecule has 1 atom stereocenters. The summed E-state index contributed by atoms with van der Waals surface area (Å²) in [5, 5.41) is 9.88. The van der Waals surface area contributed by atoms with Crippen LogP contribution in [0.2, 0.25) is 5.02 Å². The van der Waals surface area contributed by atoms with Crippen molar-refractivity contribution in [1.29, 1.82) is 0 Å². The van der Waals surface area contributed by atoms with Crippen molar-refractivity contribution in [2.24, 2.45) is 0 Å². The van der Waals surface area contributed by atoms with Gasteiger partial charge in [-0.1, -0.05) is 25.4 Å². The van der Waals surface area contributed by atoms with Crippen LogP contribution < -0.4 is 4.90 Å². The van der Waals surface area contributed by atoms with E-state index in [0.29, 0.717) is 11.4 Å². The summed E-state index contributed by atoms with van der Waals surface area (Å²) in [6.45, 7) is 4.65. The predicted molar refractivity (Wildman–Crippen MR) is 70.8 cm³/mol. The van der Waals surface area contributed by atoms with Crippen molar-refractivity contribution in [2.75, 3.05) is 11.4 Å². The first-order valence-electron chi connectivity index (χ1n) is 5.85. The Balaban J connectivity index is 2.98. The summed E-state index contributed by atoms with van der Waals surface area (Å²) in [5.41, 5.74) is 0.908. The number of carboxylic acids is 1. The van der Waals surface area contributed by atoms with Crippen molar-refractivity contribution in [2.45, 2.75) is 32.7 Å². The van der Waals surface area contributed by atoms with E-state index in [4.69, 9.17) is 11.6 Å². The Morgan fingerprint density at radius 2 is 1.94 bits per heavy atom. The molecule has 1 unspecified atom stereocenters. The lowest BCUT2D eigenvalue weighted by atomic mass is 10.1. The van der Waals surface area contributed by atoms with Gasteiger partial charge in [0, 0.05) is 17.3 Å². The molecular formula is C13H18ClNO2. The molecule has 1 N–H and O–H groups in total. The third-order valence-corrected chi connectivity index (χ3v) is 2.92. The monoisotopic (exact) mass is 255 g/mol. The number of rotatable bonds is 6. The maximum Gasteiger partial charge on any atom is 0.326 e. The predicted octanol–water partition coefficient (Wildman–Crippen LogP) is 3.42. The standard InChI is InChI=1S/C13H18ClNO2/c1-3-9-15(12(4-2)13(16)17)11-7-5-10(14)6-8-11/h5-8,12H,3-4,9H2,1-2H3,(H,16,17). The lowest BCUT2D eigenvalue weighted by Crippen LogP contribution is -2.41. The minimum Gasteiger partial charge on any atom is -0.480 e. The molecule has 0 fully saturated rings. The summed E-state index contributed by atoms with van der Waals surface area (Å²) in [4.78, 5) is 13.1. The summed E-state index contributed by atoms with van der Waals surface area (Å²) in [6, 6.07) is 6.83. The molecule has 0 aliphatic carbocycles. The van der Waals surface area contributed by atoms with Crippen molar-refractivity contribution in [3.05, 3.63) is 29.3 Å². The van der Waals surface area contributed by atoms with Crippen LogP contribution in [0.15, 0.2) is 24.3 Å². The molecular weight excluding hydrogens is 238 g/mol. The van der Waals surface area contributed by atoms with Crippen LogP contribution in [0.5, 0.6) is 0 Å². The molecule has 0 aliphatic heterocycles. The Hall–Kier alpha value is -1.22. The number of nitrogens with zero attached hydrogens (tertiary/aromatic N) is 1. The molecule has 0 spiro atoms. The fourth-order valence-electron chi connectivity index (χ4n) is 1.87. The number of anilines is 1. The molecule has 0 aromatic heterocycles. The van der Waals surface area contributed by atoms with E-state index in [1.54, 1.807) is 12.1 Å². The molecule has 1 aromatic carbocycles. The van der Waals surface area contributed by atoms with Crippen LogP contribution in [0.4, 0.5) is 5.69 Å². The second-order valence-electron chi connectivity index (χ2n) is 3.93. The third-order valence-electron chi connectivity index (χ3n) is 2.67. The van der Waals surface area contributed by atoms with Gasteiger partial charge in [0.15, 0.2) is 0 Å². The molecule has 1 aromatic rings. The molecule has 0 saturated carbocycles. The van der Waals surface area contributed by atoms with Crippen molar-refractivity contribution in [3.63, 3.8) is 0 Å². The van der Waals surface area contributed by atoms with E-state index >= 15 is 0 Å². The number of halogens is 1. The van der Waals surface area contributed by atoms with Crippen LogP contribution in [-0.2, 0) is 4.79 Å². The fourth-order valence-corrected chi connectivity index (χ4v) is 1.99. The number of carbonyl (C=O) groups is 1. The molecule has 1 rings (SSSR count). The number of hydrogen-bond donors (Lipinski definition) is 1. The number of hydrogen-bond acceptors (Lipinski definition) is 2. The zero-order chi connectivity index (χ0) is 12.8. The second-order valence-corrected chi connectivity index (χ2v) is 4.37. The average Bonchev–Trinajstić information content (AvgIpc) is 2.29. The van der Waals surface area contributed by atoms with Crippen molar-refractivity contribution in [3.8, 4) is 0 Å². The molecule has 0 bridgehead atoms. The number of aliphatic carboxylic acids is 1. The Morgan fingerprint density at radius 3 is 2.35 bits per heavy atom. The van der Waals surface area contributed by atoms with Gasteiger partial charge in [0.2, 0.25) is 0 Å². The summed E-state index contributed by atoms with van der Waals surface area (Å²) < 4.78 is 0. The molecule has 4 heteroatoms. The highest BCUT2D eigenvalue weighted by atomic mass is 35.5. The maximum absolute atomic E-state index is 11.2. The quantitative estimate of drug-likeness (QED) is 0.847. The van der Waals surface area contributed by atoms with E-state index in [1.807, 2.05) is 30.9 Å². The maximum atomic E-state index is 11.2. The Morgan fingerprint density at radius 1 is 1.35 bits per heavy atom. The summed E-state index contributed by atoms with van der Waals surface area (Å²) in [7, 11) is 0. The van der Waals surface area contributed by atoms with E-state index in [9.17, 15) is 9.90 Å². The Bertz CT molecular complexity index is 364. The fraction of sp³-hybridized carbons (Fsp3) is 0.462. The smallest absolute Gasteiger partial charge is 0.326 e. The van der Waals surface area contributed by atoms with Crippen LogP contribution in [0.25, 0.3) is 0 Å². The van der Waals surface area contributed by atoms with Crippen LogP contribution in [0, 0.1) is 0 Å². The SMILES string of the molecule is CCCN(c1ccc(Cl)cc1)C(CC)C(=O)O. The van der Waals surface area contributed by atoms with Gasteiger partial charge in [0.25, 0.3) is 0 Å². The van der Waals surface area contributed by atoms with E-state index < -0.39 is 12.0 Å². The highest BCUT2D eigenvalue weighted by molar-refractivity contribution is 6.30. The van der Waals surface area contributed by atoms with Gasteiger partial charge in [0.1, 0.15) is 6.04 Å². The summed E-state index contributed by atoms with van der Waals surface area (Å²) in [5.74, 6) is -0.782. The minimum absolute atomic E-state index is 0.476. The van der Waals surface area contributed by atoms with E-state index in [1.165, 1.54) is 0 Å². The highest BCUT2D eigenvalue weighted by Gasteiger charge is 2.23. The van der Waals surface area contributed by atoms with Crippen LogP contribution in [0.1, 0.15) is 26.7 Å². The zero-order valence-corrected chi connectivity index (χ0v) is 10.9. The van der Waals surface area contributed by atoms with Gasteiger partial charge in [-0.25, -0.2) is 4.79 Å². The molecule has 0 aliphatic rings. The second kappa shape index (κ2) is 6.50. The summed E-state index contributed by atoms with van der Waals surface area (Å²) >= 11 is 5.83. The van der Waals surface area contributed by atoms with Crippen molar-refractivity contribution >= 4 is 23.3 Å². The van der Waals surface area contributed by atoms with Crippen LogP contribution in [-0.4, -0.2) is 23.7 Å². The topological polar surface area (TPSA) is 40.5 Å². The van der Waals surface area contributed by atoms with E-state index in [-0.39, 0.29) is 0 Å². The normalized spacial score (nSPS) is 12.2. The number of benzene rings is 1. The molecule has 94 valence electrons. The molecule has 0 heterocycles. The van der Waals surface area contributed by atoms with Crippen LogP contribution in [0.3, 0.4) is 0 Å². The first kappa shape index (κ1) is 13.8. The molecule has 0 radical (unpaired) electrons. The van der Waals surface area contributed by atoms with Gasteiger partial charge < -0.3 is 10.0 Å². The molecule has 0 amide bonds. The molecule has 17 heavy (non-hydrogen) atoms. The van der Waals surface area contributed by atoms with Gasteiger partial charge in [-0.15, -0.1) is 0 Å². The molecule has 3 nitrogen and oxygen atoms in total. The number of carboxylic acid groups (broad SMARTS) is 1. The Labute approximate surface area is 107 Å². The van der Waals surface area contributed by atoms with Gasteiger partial charge >= 0.3 is 5.97 Å². The lowest BCUT2D eigenvalue weighted by Gasteiger charge is -2.30. The highest BCUT2D eigenvalue weighted by Crippen LogP contribution is 2.21. The third kappa shape index (κ3) is 3.63. The van der Waals surface area contributed by atoms with Gasteiger partial charge in [-0.3, -0.25) is 0 Å². The summed E-state index contributed by atoms with van der Waals surface area (Å²) in [6.07, 6.45) is 1.49. The lowest BCUT2D eigenvalue weighted by molar-refractivity contribution is -0.138. The first-order chi connectivity index (χ1) is 8.10. The van der Waals surface area contributed by atoms with Gasteiger partial charge in [0.05, 0.1) is 0 Å².